The second-order valence-corrected chi connectivity index (χ2v) is 7.73. The van der Waals surface area contributed by atoms with Crippen molar-refractivity contribution in [3.05, 3.63) is 52.5 Å². The SMILES string of the molecule is CCC(NS(=O)(=O)c1ccc(OC)c(Cl)c1)c1ccc(OC)c(C)c1. The molecule has 5 nitrogen and oxygen atoms in total. The first kappa shape index (κ1) is 19.6. The predicted molar refractivity (Wildman–Crippen MR) is 99.1 cm³/mol. The van der Waals surface area contributed by atoms with Gasteiger partial charge in [0.2, 0.25) is 10.0 Å². The minimum absolute atomic E-state index is 0.0991. The van der Waals surface area contributed by atoms with Gasteiger partial charge in [-0.2, -0.15) is 0 Å². The molecule has 0 aromatic heterocycles. The maximum absolute atomic E-state index is 12.7. The highest BCUT2D eigenvalue weighted by molar-refractivity contribution is 7.89. The number of nitrogens with one attached hydrogen (secondary N) is 1. The zero-order chi connectivity index (χ0) is 18.6. The Hall–Kier alpha value is -1.76. The highest BCUT2D eigenvalue weighted by atomic mass is 35.5. The number of hydrogen-bond donors (Lipinski definition) is 1. The van der Waals surface area contributed by atoms with E-state index < -0.39 is 10.0 Å². The number of aryl methyl sites for hydroxylation is 1. The van der Waals surface area contributed by atoms with Crippen LogP contribution in [0.1, 0.15) is 30.5 Å². The first-order chi connectivity index (χ1) is 11.8. The van der Waals surface area contributed by atoms with Crippen LogP contribution in [-0.4, -0.2) is 22.6 Å². The Kier molecular flexibility index (Phi) is 6.32. The lowest BCUT2D eigenvalue weighted by Crippen LogP contribution is -2.28. The van der Waals surface area contributed by atoms with E-state index in [9.17, 15) is 8.42 Å². The molecule has 0 spiro atoms. The van der Waals surface area contributed by atoms with E-state index in [2.05, 4.69) is 4.72 Å². The first-order valence-corrected chi connectivity index (χ1v) is 9.69. The fourth-order valence-electron chi connectivity index (χ4n) is 2.58. The molecule has 0 fully saturated rings. The van der Waals surface area contributed by atoms with Crippen molar-refractivity contribution in [1.29, 1.82) is 0 Å². The van der Waals surface area contributed by atoms with Gasteiger partial charge in [0.15, 0.2) is 0 Å². The molecule has 0 saturated carbocycles. The van der Waals surface area contributed by atoms with E-state index in [0.29, 0.717) is 12.2 Å². The van der Waals surface area contributed by atoms with Crippen molar-refractivity contribution in [2.24, 2.45) is 0 Å². The zero-order valence-electron chi connectivity index (χ0n) is 14.7. The lowest BCUT2D eigenvalue weighted by Gasteiger charge is -2.19. The lowest BCUT2D eigenvalue weighted by molar-refractivity contribution is 0.411. The topological polar surface area (TPSA) is 64.6 Å². The average molecular weight is 384 g/mol. The van der Waals surface area contributed by atoms with Crippen LogP contribution >= 0.6 is 11.6 Å². The van der Waals surface area contributed by atoms with E-state index in [0.717, 1.165) is 16.9 Å². The summed E-state index contributed by atoms with van der Waals surface area (Å²) in [6, 6.07) is 9.67. The molecular weight excluding hydrogens is 362 g/mol. The van der Waals surface area contributed by atoms with E-state index in [1.807, 2.05) is 32.0 Å². The van der Waals surface area contributed by atoms with Crippen molar-refractivity contribution in [3.8, 4) is 11.5 Å². The van der Waals surface area contributed by atoms with Gasteiger partial charge in [-0.1, -0.05) is 30.7 Å². The first-order valence-electron chi connectivity index (χ1n) is 7.82. The van der Waals surface area contributed by atoms with E-state index in [4.69, 9.17) is 21.1 Å². The molecule has 0 aliphatic rings. The number of methoxy groups -OCH3 is 2. The number of halogens is 1. The van der Waals surface area contributed by atoms with Gasteiger partial charge in [0, 0.05) is 6.04 Å². The molecule has 2 aromatic rings. The van der Waals surface area contributed by atoms with Crippen LogP contribution in [0.2, 0.25) is 5.02 Å². The normalized spacial score (nSPS) is 12.7. The monoisotopic (exact) mass is 383 g/mol. The summed E-state index contributed by atoms with van der Waals surface area (Å²) in [6.45, 7) is 3.85. The van der Waals surface area contributed by atoms with Gasteiger partial charge in [0.25, 0.3) is 0 Å². The fraction of sp³-hybridized carbons (Fsp3) is 0.333. The van der Waals surface area contributed by atoms with E-state index in [-0.39, 0.29) is 16.0 Å². The molecule has 1 N–H and O–H groups in total. The molecule has 0 amide bonds. The number of rotatable bonds is 7. The Morgan fingerprint density at radius 1 is 1.08 bits per heavy atom. The summed E-state index contributed by atoms with van der Waals surface area (Å²) in [7, 11) is -0.631. The van der Waals surface area contributed by atoms with Gasteiger partial charge >= 0.3 is 0 Å². The summed E-state index contributed by atoms with van der Waals surface area (Å²) in [5.74, 6) is 1.20. The summed E-state index contributed by atoms with van der Waals surface area (Å²) in [6.07, 6.45) is 0.606. The molecule has 2 aromatic carbocycles. The van der Waals surface area contributed by atoms with Crippen LogP contribution in [0.15, 0.2) is 41.3 Å². The largest absolute Gasteiger partial charge is 0.496 e. The van der Waals surface area contributed by atoms with Gasteiger partial charge in [-0.05, 0) is 48.7 Å². The smallest absolute Gasteiger partial charge is 0.241 e. The summed E-state index contributed by atoms with van der Waals surface area (Å²) < 4.78 is 38.4. The highest BCUT2D eigenvalue weighted by Crippen LogP contribution is 2.29. The van der Waals surface area contributed by atoms with Crippen LogP contribution in [0.25, 0.3) is 0 Å². The minimum atomic E-state index is -3.72. The molecule has 7 heteroatoms. The molecule has 2 rings (SSSR count). The van der Waals surface area contributed by atoms with E-state index >= 15 is 0 Å². The van der Waals surface area contributed by atoms with E-state index in [1.54, 1.807) is 7.11 Å². The van der Waals surface area contributed by atoms with Crippen molar-refractivity contribution in [3.63, 3.8) is 0 Å². The second kappa shape index (κ2) is 8.08. The molecule has 0 bridgehead atoms. The highest BCUT2D eigenvalue weighted by Gasteiger charge is 2.22. The van der Waals surface area contributed by atoms with Gasteiger partial charge in [-0.25, -0.2) is 13.1 Å². The van der Waals surface area contributed by atoms with Crippen LogP contribution < -0.4 is 14.2 Å². The molecule has 136 valence electrons. The third kappa shape index (κ3) is 4.45. The Labute approximate surface area is 154 Å². The van der Waals surface area contributed by atoms with Crippen molar-refractivity contribution in [2.75, 3.05) is 14.2 Å². The summed E-state index contributed by atoms with van der Waals surface area (Å²) in [5.41, 5.74) is 1.83. The van der Waals surface area contributed by atoms with Gasteiger partial charge in [-0.15, -0.1) is 0 Å². The fourth-order valence-corrected chi connectivity index (χ4v) is 4.23. The zero-order valence-corrected chi connectivity index (χ0v) is 16.2. The van der Waals surface area contributed by atoms with Crippen LogP contribution in [0, 0.1) is 6.92 Å². The van der Waals surface area contributed by atoms with Crippen molar-refractivity contribution in [2.45, 2.75) is 31.2 Å². The average Bonchev–Trinajstić information content (AvgIpc) is 2.59. The van der Waals surface area contributed by atoms with Crippen molar-refractivity contribution < 1.29 is 17.9 Å². The molecule has 0 saturated heterocycles. The molecule has 0 aliphatic heterocycles. The molecule has 0 heterocycles. The Bertz CT molecular complexity index is 852. The van der Waals surface area contributed by atoms with Crippen molar-refractivity contribution in [1.82, 2.24) is 4.72 Å². The van der Waals surface area contributed by atoms with Crippen molar-refractivity contribution >= 4 is 21.6 Å². The molecule has 25 heavy (non-hydrogen) atoms. The predicted octanol–water partition coefficient (Wildman–Crippen LogP) is 4.10. The minimum Gasteiger partial charge on any atom is -0.496 e. The third-order valence-electron chi connectivity index (χ3n) is 3.96. The van der Waals surface area contributed by atoms with Gasteiger partial charge < -0.3 is 9.47 Å². The van der Waals surface area contributed by atoms with Crippen LogP contribution in [0.5, 0.6) is 11.5 Å². The van der Waals surface area contributed by atoms with E-state index in [1.165, 1.54) is 25.3 Å². The lowest BCUT2D eigenvalue weighted by atomic mass is 10.0. The quantitative estimate of drug-likeness (QED) is 0.781. The van der Waals surface area contributed by atoms with Gasteiger partial charge in [0.1, 0.15) is 11.5 Å². The summed E-state index contributed by atoms with van der Waals surface area (Å²) >= 11 is 6.05. The molecule has 1 unspecified atom stereocenters. The Balaban J connectivity index is 2.31. The maximum atomic E-state index is 12.7. The molecular formula is C18H22ClNO4S. The number of sulfonamides is 1. The maximum Gasteiger partial charge on any atom is 0.241 e. The number of benzene rings is 2. The van der Waals surface area contributed by atoms with Gasteiger partial charge in [-0.3, -0.25) is 0 Å². The molecule has 1 atom stereocenters. The van der Waals surface area contributed by atoms with Crippen LogP contribution in [-0.2, 0) is 10.0 Å². The third-order valence-corrected chi connectivity index (χ3v) is 5.73. The van der Waals surface area contributed by atoms with Crippen LogP contribution in [0.3, 0.4) is 0 Å². The molecule has 0 radical (unpaired) electrons. The number of ether oxygens (including phenoxy) is 2. The van der Waals surface area contributed by atoms with Gasteiger partial charge in [0.05, 0.1) is 24.1 Å². The Morgan fingerprint density at radius 2 is 1.72 bits per heavy atom. The van der Waals surface area contributed by atoms with Crippen LogP contribution in [0.4, 0.5) is 0 Å². The summed E-state index contributed by atoms with van der Waals surface area (Å²) in [4.78, 5) is 0.0991. The Morgan fingerprint density at radius 3 is 2.24 bits per heavy atom. The summed E-state index contributed by atoms with van der Waals surface area (Å²) in [5, 5.41) is 0.249. The second-order valence-electron chi connectivity index (χ2n) is 5.61. The standard InChI is InChI=1S/C18H22ClNO4S/c1-5-16(13-6-8-17(23-3)12(2)10-13)20-25(21,22)14-7-9-18(24-4)15(19)11-14/h6-11,16,20H,5H2,1-4H3. The molecule has 0 aliphatic carbocycles. The number of hydrogen-bond acceptors (Lipinski definition) is 4.